The number of rotatable bonds is 4. The average Bonchev–Trinajstić information content (AvgIpc) is 2.14. The van der Waals surface area contributed by atoms with Crippen LogP contribution in [-0.4, -0.2) is 17.5 Å². The third kappa shape index (κ3) is 5.07. The molecule has 0 aromatic heterocycles. The Bertz CT molecular complexity index is 287. The van der Waals surface area contributed by atoms with Crippen LogP contribution in [-0.2, 0) is 0 Å². The summed E-state index contributed by atoms with van der Waals surface area (Å²) >= 11 is 3.31. The first-order valence-corrected chi connectivity index (χ1v) is 6.11. The Morgan fingerprint density at radius 2 is 1.60 bits per heavy atom. The minimum atomic E-state index is -0.155. The third-order valence-corrected chi connectivity index (χ3v) is 1.92. The van der Waals surface area contributed by atoms with Crippen molar-refractivity contribution in [1.29, 1.82) is 0 Å². The number of hydrogen-bond donors (Lipinski definition) is 0. The van der Waals surface area contributed by atoms with E-state index in [0.29, 0.717) is 6.61 Å². The van der Waals surface area contributed by atoms with Crippen molar-refractivity contribution < 1.29 is 9.47 Å². The van der Waals surface area contributed by atoms with Crippen LogP contribution in [0.4, 0.5) is 0 Å². The van der Waals surface area contributed by atoms with E-state index < -0.39 is 0 Å². The Morgan fingerprint density at radius 1 is 1.07 bits per heavy atom. The van der Waals surface area contributed by atoms with E-state index in [1.165, 1.54) is 0 Å². The molecule has 0 heterocycles. The Balaban J connectivity index is 2.56. The fraction of sp³-hybridized carbons (Fsp3) is 0.500. The molecule has 0 bridgehead atoms. The van der Waals surface area contributed by atoms with Gasteiger partial charge in [0.05, 0.1) is 6.61 Å². The summed E-state index contributed by atoms with van der Waals surface area (Å²) in [5.41, 5.74) is -0.155. The Labute approximate surface area is 99.7 Å². The van der Waals surface area contributed by atoms with E-state index in [1.54, 1.807) is 0 Å². The summed E-state index contributed by atoms with van der Waals surface area (Å²) in [6.07, 6.45) is 0. The molecule has 0 aliphatic heterocycles. The first-order chi connectivity index (χ1) is 7.01. The second kappa shape index (κ2) is 5.40. The molecule has 1 aromatic rings. The van der Waals surface area contributed by atoms with E-state index in [4.69, 9.17) is 9.47 Å². The van der Waals surface area contributed by atoms with Gasteiger partial charge in [-0.3, -0.25) is 0 Å². The fourth-order valence-electron chi connectivity index (χ4n) is 1.11. The fourth-order valence-corrected chi connectivity index (χ4v) is 1.28. The maximum Gasteiger partial charge on any atom is 0.120 e. The van der Waals surface area contributed by atoms with Gasteiger partial charge >= 0.3 is 0 Å². The zero-order chi connectivity index (χ0) is 11.3. The zero-order valence-electron chi connectivity index (χ0n) is 9.42. The van der Waals surface area contributed by atoms with Crippen molar-refractivity contribution in [3.63, 3.8) is 0 Å². The van der Waals surface area contributed by atoms with Crippen molar-refractivity contribution in [3.8, 4) is 11.5 Å². The molecule has 0 N–H and O–H groups in total. The van der Waals surface area contributed by atoms with E-state index in [1.807, 2.05) is 45.0 Å². The largest absolute Gasteiger partial charge is 0.493 e. The summed E-state index contributed by atoms with van der Waals surface area (Å²) in [7, 11) is 0. The summed E-state index contributed by atoms with van der Waals surface area (Å²) in [5.74, 6) is 1.74. The van der Waals surface area contributed by atoms with Crippen LogP contribution in [0, 0.1) is 0 Å². The molecule has 0 saturated heterocycles. The van der Waals surface area contributed by atoms with Gasteiger partial charge in [0, 0.05) is 5.33 Å². The van der Waals surface area contributed by atoms with Crippen molar-refractivity contribution in [2.75, 3.05) is 11.9 Å². The van der Waals surface area contributed by atoms with Crippen molar-refractivity contribution in [2.45, 2.75) is 26.4 Å². The average molecular weight is 273 g/mol. The maximum absolute atomic E-state index is 5.70. The summed E-state index contributed by atoms with van der Waals surface area (Å²) in [5, 5.41) is 0.841. The third-order valence-electron chi connectivity index (χ3n) is 1.59. The monoisotopic (exact) mass is 272 g/mol. The smallest absolute Gasteiger partial charge is 0.120 e. The number of ether oxygens (including phenoxy) is 2. The van der Waals surface area contributed by atoms with Crippen molar-refractivity contribution >= 4 is 15.9 Å². The van der Waals surface area contributed by atoms with Crippen molar-refractivity contribution in [2.24, 2.45) is 0 Å². The maximum atomic E-state index is 5.70. The first kappa shape index (κ1) is 12.4. The van der Waals surface area contributed by atoms with Gasteiger partial charge in [-0.05, 0) is 45.0 Å². The van der Waals surface area contributed by atoms with Crippen molar-refractivity contribution in [3.05, 3.63) is 24.3 Å². The van der Waals surface area contributed by atoms with E-state index in [-0.39, 0.29) is 5.60 Å². The topological polar surface area (TPSA) is 18.5 Å². The quantitative estimate of drug-likeness (QED) is 0.780. The highest BCUT2D eigenvalue weighted by molar-refractivity contribution is 9.09. The molecule has 0 unspecified atom stereocenters. The molecule has 0 fully saturated rings. The van der Waals surface area contributed by atoms with Gasteiger partial charge in [0.25, 0.3) is 0 Å². The summed E-state index contributed by atoms with van der Waals surface area (Å²) in [6.45, 7) is 6.77. The molecule has 0 aliphatic rings. The number of alkyl halides is 1. The molecule has 0 aliphatic carbocycles. The standard InChI is InChI=1S/C12H17BrO2/c1-12(2,3)15-11-6-4-10(5-7-11)14-9-8-13/h4-7H,8-9H2,1-3H3. The number of hydrogen-bond acceptors (Lipinski definition) is 2. The predicted octanol–water partition coefficient (Wildman–Crippen LogP) is 3.64. The van der Waals surface area contributed by atoms with E-state index in [2.05, 4.69) is 15.9 Å². The van der Waals surface area contributed by atoms with Gasteiger partial charge in [0.1, 0.15) is 17.1 Å². The molecule has 3 heteroatoms. The van der Waals surface area contributed by atoms with E-state index in [9.17, 15) is 0 Å². The van der Waals surface area contributed by atoms with Gasteiger partial charge in [-0.1, -0.05) is 15.9 Å². The second-order valence-electron chi connectivity index (χ2n) is 4.22. The van der Waals surface area contributed by atoms with Gasteiger partial charge in [0.2, 0.25) is 0 Å². The molecule has 0 atom stereocenters. The minimum absolute atomic E-state index is 0.155. The highest BCUT2D eigenvalue weighted by Gasteiger charge is 2.11. The van der Waals surface area contributed by atoms with Crippen LogP contribution < -0.4 is 9.47 Å². The molecule has 0 radical (unpaired) electrons. The van der Waals surface area contributed by atoms with Crippen LogP contribution in [0.15, 0.2) is 24.3 Å². The lowest BCUT2D eigenvalue weighted by molar-refractivity contribution is 0.131. The molecular weight excluding hydrogens is 256 g/mol. The van der Waals surface area contributed by atoms with Gasteiger partial charge in [-0.25, -0.2) is 0 Å². The molecule has 15 heavy (non-hydrogen) atoms. The molecule has 1 aromatic carbocycles. The van der Waals surface area contributed by atoms with Crippen LogP contribution in [0.25, 0.3) is 0 Å². The minimum Gasteiger partial charge on any atom is -0.493 e. The SMILES string of the molecule is CC(C)(C)Oc1ccc(OCCBr)cc1. The second-order valence-corrected chi connectivity index (χ2v) is 5.02. The Kier molecular flexibility index (Phi) is 4.45. The molecule has 0 amide bonds. The molecule has 0 saturated carbocycles. The highest BCUT2D eigenvalue weighted by Crippen LogP contribution is 2.21. The van der Waals surface area contributed by atoms with Crippen LogP contribution >= 0.6 is 15.9 Å². The van der Waals surface area contributed by atoms with Crippen LogP contribution in [0.1, 0.15) is 20.8 Å². The zero-order valence-corrected chi connectivity index (χ0v) is 11.0. The molecular formula is C12H17BrO2. The van der Waals surface area contributed by atoms with E-state index in [0.717, 1.165) is 16.8 Å². The van der Waals surface area contributed by atoms with Crippen LogP contribution in [0.5, 0.6) is 11.5 Å². The molecule has 0 spiro atoms. The summed E-state index contributed by atoms with van der Waals surface area (Å²) in [4.78, 5) is 0. The Morgan fingerprint density at radius 3 is 2.07 bits per heavy atom. The lowest BCUT2D eigenvalue weighted by atomic mass is 10.2. The summed E-state index contributed by atoms with van der Waals surface area (Å²) in [6, 6.07) is 7.69. The normalized spacial score (nSPS) is 11.2. The van der Waals surface area contributed by atoms with E-state index >= 15 is 0 Å². The van der Waals surface area contributed by atoms with Crippen LogP contribution in [0.3, 0.4) is 0 Å². The summed E-state index contributed by atoms with van der Waals surface area (Å²) < 4.78 is 11.1. The molecule has 1 rings (SSSR count). The van der Waals surface area contributed by atoms with Gasteiger partial charge < -0.3 is 9.47 Å². The van der Waals surface area contributed by atoms with Gasteiger partial charge in [-0.2, -0.15) is 0 Å². The van der Waals surface area contributed by atoms with Gasteiger partial charge in [-0.15, -0.1) is 0 Å². The highest BCUT2D eigenvalue weighted by atomic mass is 79.9. The van der Waals surface area contributed by atoms with Crippen LogP contribution in [0.2, 0.25) is 0 Å². The lowest BCUT2D eigenvalue weighted by Gasteiger charge is -2.21. The predicted molar refractivity (Wildman–Crippen MR) is 66.1 cm³/mol. The number of benzene rings is 1. The molecule has 2 nitrogen and oxygen atoms in total. The van der Waals surface area contributed by atoms with Gasteiger partial charge in [0.15, 0.2) is 0 Å². The van der Waals surface area contributed by atoms with Crippen molar-refractivity contribution in [1.82, 2.24) is 0 Å². The first-order valence-electron chi connectivity index (χ1n) is 4.99. The number of halogens is 1. The molecule has 84 valence electrons. The lowest BCUT2D eigenvalue weighted by Crippen LogP contribution is -2.22. The Hall–Kier alpha value is -0.700.